The fourth-order valence-corrected chi connectivity index (χ4v) is 8.97. The predicted octanol–water partition coefficient (Wildman–Crippen LogP) is 9.82. The summed E-state index contributed by atoms with van der Waals surface area (Å²) in [5, 5.41) is 6.72. The second-order valence-corrected chi connectivity index (χ2v) is 24.8. The lowest BCUT2D eigenvalue weighted by Crippen LogP contribution is -2.57. The number of piperidine rings is 1. The van der Waals surface area contributed by atoms with Crippen LogP contribution in [0.3, 0.4) is 0 Å². The number of carbonyl (C=O) groups is 4. The zero-order valence-corrected chi connectivity index (χ0v) is 40.6. The van der Waals surface area contributed by atoms with Gasteiger partial charge in [0.05, 0.1) is 12.1 Å². The number of nitrogens with zero attached hydrogens (tertiary/aromatic N) is 2. The average Bonchev–Trinajstić information content (AvgIpc) is 3.20. The van der Waals surface area contributed by atoms with Gasteiger partial charge in [0, 0.05) is 37.1 Å². The number of carbonyl (C=O) groups excluding carboxylic acids is 4. The molecule has 1 aliphatic heterocycles. The molecular formula is C49H71ClN4O7Si. The maximum Gasteiger partial charge on any atom is 0.410 e. The molecule has 13 heteroatoms. The van der Waals surface area contributed by atoms with Crippen molar-refractivity contribution in [2.24, 2.45) is 11.8 Å². The molecule has 0 unspecified atom stereocenters. The van der Waals surface area contributed by atoms with Crippen molar-refractivity contribution in [2.45, 2.75) is 142 Å². The van der Waals surface area contributed by atoms with Gasteiger partial charge in [-0.2, -0.15) is 0 Å². The van der Waals surface area contributed by atoms with Crippen molar-refractivity contribution >= 4 is 43.9 Å². The van der Waals surface area contributed by atoms with Crippen LogP contribution in [0.5, 0.6) is 0 Å². The Labute approximate surface area is 376 Å². The van der Waals surface area contributed by atoms with E-state index in [1.807, 2.05) is 113 Å². The van der Waals surface area contributed by atoms with E-state index in [1.165, 1.54) is 0 Å². The summed E-state index contributed by atoms with van der Waals surface area (Å²) in [4.78, 5) is 59.1. The van der Waals surface area contributed by atoms with Gasteiger partial charge in [-0.15, -0.1) is 0 Å². The van der Waals surface area contributed by atoms with E-state index in [0.29, 0.717) is 43.8 Å². The summed E-state index contributed by atoms with van der Waals surface area (Å²) in [7, 11) is -0.780. The molecule has 1 aliphatic rings. The largest absolute Gasteiger partial charge is 0.445 e. The lowest BCUT2D eigenvalue weighted by molar-refractivity contribution is -0.140. The molecule has 2 N–H and O–H groups in total. The molecule has 0 saturated carbocycles. The highest BCUT2D eigenvalue weighted by Gasteiger charge is 2.43. The number of halogens is 1. The van der Waals surface area contributed by atoms with E-state index in [2.05, 4.69) is 44.5 Å². The minimum absolute atomic E-state index is 0.0903. The molecule has 0 spiro atoms. The molecular weight excluding hydrogens is 820 g/mol. The molecule has 0 radical (unpaired) electrons. The van der Waals surface area contributed by atoms with Crippen molar-refractivity contribution in [2.75, 3.05) is 20.1 Å². The topological polar surface area (TPSA) is 127 Å². The van der Waals surface area contributed by atoms with E-state index < -0.39 is 50.2 Å². The van der Waals surface area contributed by atoms with E-state index in [9.17, 15) is 19.2 Å². The number of benzene rings is 3. The number of ether oxygens (including phenoxy) is 2. The van der Waals surface area contributed by atoms with Gasteiger partial charge in [0.2, 0.25) is 11.8 Å². The van der Waals surface area contributed by atoms with Gasteiger partial charge in [-0.05, 0) is 106 Å². The Morgan fingerprint density at radius 2 is 1.40 bits per heavy atom. The average molecular weight is 892 g/mol. The fourth-order valence-electron chi connectivity index (χ4n) is 7.39. The molecule has 3 aromatic rings. The maximum absolute atomic E-state index is 14.9. The Bertz CT molecular complexity index is 1910. The summed E-state index contributed by atoms with van der Waals surface area (Å²) in [6.07, 6.45) is 0.594. The number of likely N-dealkylation sites (tertiary alicyclic amines) is 1. The smallest absolute Gasteiger partial charge is 0.410 e. The zero-order chi connectivity index (χ0) is 45.8. The molecule has 4 amide bonds. The number of amides is 4. The van der Waals surface area contributed by atoms with Crippen LogP contribution in [-0.4, -0.2) is 92.1 Å². The van der Waals surface area contributed by atoms with E-state index in [1.54, 1.807) is 22.9 Å². The van der Waals surface area contributed by atoms with Crippen LogP contribution < -0.4 is 10.6 Å². The molecule has 340 valence electrons. The molecule has 4 atom stereocenters. The molecule has 11 nitrogen and oxygen atoms in total. The Hall–Kier alpha value is -4.39. The number of nitrogens with one attached hydrogen (secondary N) is 2. The summed E-state index contributed by atoms with van der Waals surface area (Å²) in [5.41, 5.74) is 2.04. The monoisotopic (exact) mass is 890 g/mol. The standard InChI is InChI=1S/C49H71ClN4O7Si/c1-34(2)43(45(56)54-27-25-40(26-28-54)53(9)47(58)59-33-36-21-16-13-17-22-36)52-44(55)38(29-37-23-18-24-39(50)30-37)32-42(61-62(10,11)49(6,7)8)41(31-35-19-14-12-15-20-35)51-46(57)60-48(3,4)5/h12-24,30,34,38,40-43H,25-29,31-33H2,1-11H3,(H,51,57)(H,52,55)/t38-,41-,42+,43-/m0/s1. The van der Waals surface area contributed by atoms with E-state index in [-0.39, 0.29) is 41.8 Å². The normalized spacial score (nSPS) is 15.9. The van der Waals surface area contributed by atoms with E-state index in [0.717, 1.165) is 16.7 Å². The van der Waals surface area contributed by atoms with Crippen LogP contribution in [0.15, 0.2) is 84.9 Å². The first-order chi connectivity index (χ1) is 29.0. The predicted molar refractivity (Wildman–Crippen MR) is 249 cm³/mol. The number of rotatable bonds is 17. The van der Waals surface area contributed by atoms with Crippen molar-refractivity contribution in [3.8, 4) is 0 Å². The van der Waals surface area contributed by atoms with Crippen molar-refractivity contribution in [3.05, 3.63) is 107 Å². The molecule has 0 aliphatic carbocycles. The molecule has 0 bridgehead atoms. The van der Waals surface area contributed by atoms with Crippen LogP contribution in [0.25, 0.3) is 0 Å². The van der Waals surface area contributed by atoms with Crippen LogP contribution in [0.4, 0.5) is 9.59 Å². The van der Waals surface area contributed by atoms with Gasteiger partial charge < -0.3 is 34.3 Å². The van der Waals surface area contributed by atoms with Gasteiger partial charge in [0.15, 0.2) is 8.32 Å². The van der Waals surface area contributed by atoms with Gasteiger partial charge in [-0.25, -0.2) is 9.59 Å². The third-order valence-electron chi connectivity index (χ3n) is 12.0. The van der Waals surface area contributed by atoms with Gasteiger partial charge in [0.1, 0.15) is 18.2 Å². The third-order valence-corrected chi connectivity index (χ3v) is 16.7. The van der Waals surface area contributed by atoms with E-state index in [4.69, 9.17) is 25.5 Å². The highest BCUT2D eigenvalue weighted by atomic mass is 35.5. The van der Waals surface area contributed by atoms with Gasteiger partial charge in [0.25, 0.3) is 0 Å². The SMILES string of the molecule is CC(C)[C@H](NC(=O)[C@@H](Cc1cccc(Cl)c1)C[C@@H](O[Si](C)(C)C(C)(C)C)[C@H](Cc1ccccc1)NC(=O)OC(C)(C)C)C(=O)N1CCC(N(C)C(=O)OCc2ccccc2)CC1. The Morgan fingerprint density at radius 3 is 1.95 bits per heavy atom. The first-order valence-corrected chi connectivity index (χ1v) is 25.3. The van der Waals surface area contributed by atoms with Gasteiger partial charge >= 0.3 is 12.2 Å². The summed E-state index contributed by atoms with van der Waals surface area (Å²) >= 11 is 6.48. The first kappa shape index (κ1) is 50.3. The summed E-state index contributed by atoms with van der Waals surface area (Å²) in [5.74, 6) is -1.33. The third kappa shape index (κ3) is 15.4. The second-order valence-electron chi connectivity index (χ2n) is 19.6. The van der Waals surface area contributed by atoms with Crippen LogP contribution >= 0.6 is 11.6 Å². The highest BCUT2D eigenvalue weighted by molar-refractivity contribution is 6.74. The molecule has 62 heavy (non-hydrogen) atoms. The maximum atomic E-state index is 14.9. The highest BCUT2D eigenvalue weighted by Crippen LogP contribution is 2.39. The molecule has 1 saturated heterocycles. The quantitative estimate of drug-likeness (QED) is 0.129. The van der Waals surface area contributed by atoms with Crippen molar-refractivity contribution in [1.29, 1.82) is 0 Å². The number of hydrogen-bond acceptors (Lipinski definition) is 7. The summed E-state index contributed by atoms with van der Waals surface area (Å²) in [6.45, 7) is 21.2. The zero-order valence-electron chi connectivity index (χ0n) is 38.8. The second kappa shape index (κ2) is 22.3. The lowest BCUT2D eigenvalue weighted by atomic mass is 9.88. The fraction of sp³-hybridized carbons (Fsp3) is 0.551. The van der Waals surface area contributed by atoms with Crippen molar-refractivity contribution < 1.29 is 33.1 Å². The van der Waals surface area contributed by atoms with Crippen LogP contribution in [-0.2, 0) is 42.9 Å². The number of alkyl carbamates (subject to hydrolysis) is 1. The Balaban J connectivity index is 1.60. The summed E-state index contributed by atoms with van der Waals surface area (Å²) < 4.78 is 18.6. The minimum atomic E-state index is -2.52. The number of hydrogen-bond donors (Lipinski definition) is 2. The van der Waals surface area contributed by atoms with Gasteiger partial charge in [-0.1, -0.05) is 119 Å². The van der Waals surface area contributed by atoms with Crippen molar-refractivity contribution in [1.82, 2.24) is 20.4 Å². The first-order valence-electron chi connectivity index (χ1n) is 22.0. The Kier molecular flexibility index (Phi) is 18.1. The summed E-state index contributed by atoms with van der Waals surface area (Å²) in [6, 6.07) is 25.5. The molecule has 0 aromatic heterocycles. The molecule has 1 heterocycles. The minimum Gasteiger partial charge on any atom is -0.445 e. The molecule has 1 fully saturated rings. The van der Waals surface area contributed by atoms with Crippen LogP contribution in [0.2, 0.25) is 23.2 Å². The van der Waals surface area contributed by atoms with Crippen molar-refractivity contribution in [3.63, 3.8) is 0 Å². The lowest BCUT2D eigenvalue weighted by Gasteiger charge is -2.42. The Morgan fingerprint density at radius 1 is 0.823 bits per heavy atom. The van der Waals surface area contributed by atoms with Crippen LogP contribution in [0, 0.1) is 11.8 Å². The van der Waals surface area contributed by atoms with Gasteiger partial charge in [-0.3, -0.25) is 9.59 Å². The van der Waals surface area contributed by atoms with E-state index >= 15 is 0 Å². The molecule has 4 rings (SSSR count). The van der Waals surface area contributed by atoms with Crippen LogP contribution in [0.1, 0.15) is 91.3 Å². The molecule has 3 aromatic carbocycles.